The third-order valence-corrected chi connectivity index (χ3v) is 7.59. The van der Waals surface area contributed by atoms with Gasteiger partial charge in [0.2, 0.25) is 5.95 Å². The molecular weight excluding hydrogens is 469 g/mol. The van der Waals surface area contributed by atoms with Crippen molar-refractivity contribution in [1.82, 2.24) is 19.9 Å². The minimum absolute atomic E-state index is 0.222. The zero-order chi connectivity index (χ0) is 25.9. The summed E-state index contributed by atoms with van der Waals surface area (Å²) in [5.41, 5.74) is 1.20. The predicted octanol–water partition coefficient (Wildman–Crippen LogP) is 5.48. The summed E-state index contributed by atoms with van der Waals surface area (Å²) in [4.78, 5) is 22.9. The normalized spacial score (nSPS) is 20.5. The van der Waals surface area contributed by atoms with E-state index in [4.69, 9.17) is 14.7 Å². The number of unbranched alkanes of at least 4 members (excludes halogenated alkanes) is 1. The molecule has 5 rings (SSSR count). The number of nitrogens with one attached hydrogen (secondary N) is 1. The zero-order valence-electron chi connectivity index (χ0n) is 22.3. The molecule has 9 heteroatoms. The summed E-state index contributed by atoms with van der Waals surface area (Å²) in [5, 5.41) is 5.58. The van der Waals surface area contributed by atoms with Gasteiger partial charge in [-0.3, -0.25) is 0 Å². The number of hydrogen-bond acceptors (Lipinski definition) is 8. The van der Waals surface area contributed by atoms with Gasteiger partial charge in [0.15, 0.2) is 0 Å². The van der Waals surface area contributed by atoms with Crippen molar-refractivity contribution in [2.75, 3.05) is 48.4 Å². The maximum absolute atomic E-state index is 14.4. The first-order valence-electron chi connectivity index (χ1n) is 13.5. The summed E-state index contributed by atoms with van der Waals surface area (Å²) in [5.74, 6) is 3.96. The standard InChI is InChI=1S/C28H38FN7O/c1-5-6-7-19-15-36(16-19)27-22-14-31-26(12-20(22)21(13-32-27)18(2)3)33-25-8-10-30-28(34-25)35-11-9-24(37-4)23(29)17-35/h8,10,12-14,18-19,23-24H,5-7,9,11,15-17H2,1-4H3,(H,30,31,33,34)/t23-,24+/m0/s1. The van der Waals surface area contributed by atoms with Crippen LogP contribution in [0.3, 0.4) is 0 Å². The first-order valence-corrected chi connectivity index (χ1v) is 13.5. The van der Waals surface area contributed by atoms with Crippen LogP contribution in [0.15, 0.2) is 30.7 Å². The first kappa shape index (κ1) is 25.6. The Morgan fingerprint density at radius 1 is 1.08 bits per heavy atom. The van der Waals surface area contributed by atoms with Gasteiger partial charge in [-0.25, -0.2) is 19.3 Å². The highest BCUT2D eigenvalue weighted by molar-refractivity contribution is 5.96. The van der Waals surface area contributed by atoms with Gasteiger partial charge in [0.05, 0.1) is 12.6 Å². The van der Waals surface area contributed by atoms with Crippen LogP contribution in [-0.4, -0.2) is 65.5 Å². The molecular formula is C28H38FN7O. The first-order chi connectivity index (χ1) is 18.0. The number of halogens is 1. The van der Waals surface area contributed by atoms with E-state index in [0.29, 0.717) is 36.5 Å². The number of methoxy groups -OCH3 is 1. The fourth-order valence-corrected chi connectivity index (χ4v) is 5.37. The molecule has 198 valence electrons. The van der Waals surface area contributed by atoms with Crippen molar-refractivity contribution in [2.45, 2.75) is 64.6 Å². The van der Waals surface area contributed by atoms with Crippen LogP contribution in [0, 0.1) is 5.92 Å². The molecule has 2 aliphatic rings. The summed E-state index contributed by atoms with van der Waals surface area (Å²) in [7, 11) is 1.56. The summed E-state index contributed by atoms with van der Waals surface area (Å²) in [6.45, 7) is 9.63. The second-order valence-electron chi connectivity index (χ2n) is 10.6. The second kappa shape index (κ2) is 11.1. The van der Waals surface area contributed by atoms with E-state index < -0.39 is 6.17 Å². The largest absolute Gasteiger partial charge is 0.378 e. The molecule has 0 unspecified atom stereocenters. The average Bonchev–Trinajstić information content (AvgIpc) is 2.87. The number of rotatable bonds is 9. The van der Waals surface area contributed by atoms with Crippen molar-refractivity contribution in [2.24, 2.45) is 5.92 Å². The van der Waals surface area contributed by atoms with Crippen LogP contribution >= 0.6 is 0 Å². The number of nitrogens with zero attached hydrogens (tertiary/aromatic N) is 6. The minimum Gasteiger partial charge on any atom is -0.378 e. The van der Waals surface area contributed by atoms with Crippen LogP contribution in [-0.2, 0) is 4.74 Å². The lowest BCUT2D eigenvalue weighted by Gasteiger charge is -2.41. The van der Waals surface area contributed by atoms with Crippen LogP contribution in [0.4, 0.5) is 27.8 Å². The van der Waals surface area contributed by atoms with Crippen molar-refractivity contribution in [1.29, 1.82) is 0 Å². The number of alkyl halides is 1. The third-order valence-electron chi connectivity index (χ3n) is 7.59. The number of ether oxygens (including phenoxy) is 1. The Balaban J connectivity index is 1.36. The average molecular weight is 508 g/mol. The van der Waals surface area contributed by atoms with E-state index in [-0.39, 0.29) is 12.6 Å². The maximum Gasteiger partial charge on any atom is 0.227 e. The number of aromatic nitrogens is 4. The molecule has 3 aromatic rings. The van der Waals surface area contributed by atoms with Gasteiger partial charge < -0.3 is 19.9 Å². The highest BCUT2D eigenvalue weighted by Gasteiger charge is 2.31. The number of piperidine rings is 1. The maximum atomic E-state index is 14.4. The Morgan fingerprint density at radius 3 is 2.65 bits per heavy atom. The van der Waals surface area contributed by atoms with E-state index in [1.807, 2.05) is 23.4 Å². The molecule has 0 amide bonds. The van der Waals surface area contributed by atoms with Gasteiger partial charge in [0.25, 0.3) is 0 Å². The van der Waals surface area contributed by atoms with Gasteiger partial charge in [0, 0.05) is 50.7 Å². The minimum atomic E-state index is -1.06. The lowest BCUT2D eigenvalue weighted by atomic mass is 9.93. The number of fused-ring (bicyclic) bond motifs is 1. The van der Waals surface area contributed by atoms with E-state index in [1.54, 1.807) is 13.3 Å². The highest BCUT2D eigenvalue weighted by atomic mass is 19.1. The zero-order valence-corrected chi connectivity index (χ0v) is 22.3. The molecule has 8 nitrogen and oxygen atoms in total. The van der Waals surface area contributed by atoms with Gasteiger partial charge in [-0.1, -0.05) is 33.6 Å². The van der Waals surface area contributed by atoms with E-state index >= 15 is 0 Å². The van der Waals surface area contributed by atoms with Gasteiger partial charge in [-0.2, -0.15) is 4.98 Å². The van der Waals surface area contributed by atoms with Crippen molar-refractivity contribution in [3.63, 3.8) is 0 Å². The Hall–Kier alpha value is -3.07. The molecule has 3 aromatic heterocycles. The Kier molecular flexibility index (Phi) is 7.69. The molecule has 0 saturated carbocycles. The molecule has 0 bridgehead atoms. The van der Waals surface area contributed by atoms with Gasteiger partial charge in [-0.15, -0.1) is 0 Å². The van der Waals surface area contributed by atoms with Crippen LogP contribution in [0.25, 0.3) is 10.8 Å². The van der Waals surface area contributed by atoms with Crippen LogP contribution < -0.4 is 15.1 Å². The van der Waals surface area contributed by atoms with Crippen molar-refractivity contribution >= 4 is 34.2 Å². The number of pyridine rings is 2. The molecule has 0 aromatic carbocycles. The Morgan fingerprint density at radius 2 is 1.92 bits per heavy atom. The van der Waals surface area contributed by atoms with Gasteiger partial charge >= 0.3 is 0 Å². The summed E-state index contributed by atoms with van der Waals surface area (Å²) >= 11 is 0. The number of anilines is 4. The molecule has 0 aliphatic carbocycles. The van der Waals surface area contributed by atoms with Crippen LogP contribution in [0.5, 0.6) is 0 Å². The van der Waals surface area contributed by atoms with Gasteiger partial charge in [0.1, 0.15) is 23.6 Å². The molecule has 2 atom stereocenters. The number of hydrogen-bond donors (Lipinski definition) is 1. The van der Waals surface area contributed by atoms with Crippen molar-refractivity contribution in [3.8, 4) is 0 Å². The molecule has 0 spiro atoms. The second-order valence-corrected chi connectivity index (χ2v) is 10.6. The molecule has 2 fully saturated rings. The molecule has 2 saturated heterocycles. The SMILES string of the molecule is CCCCC1CN(c2ncc(C(C)C)c3cc(Nc4ccnc(N5CC[C@@H](OC)[C@@H](F)C5)n4)ncc23)C1. The van der Waals surface area contributed by atoms with E-state index in [0.717, 1.165) is 35.6 Å². The quantitative estimate of drug-likeness (QED) is 0.408. The summed E-state index contributed by atoms with van der Waals surface area (Å²) in [6.07, 6.45) is 8.65. The molecule has 37 heavy (non-hydrogen) atoms. The van der Waals surface area contributed by atoms with Gasteiger partial charge in [-0.05, 0) is 47.8 Å². The predicted molar refractivity (Wildman–Crippen MR) is 147 cm³/mol. The summed E-state index contributed by atoms with van der Waals surface area (Å²) in [6, 6.07) is 3.90. The third kappa shape index (κ3) is 5.46. The molecule has 1 N–H and O–H groups in total. The lowest BCUT2D eigenvalue weighted by Crippen LogP contribution is -2.47. The topological polar surface area (TPSA) is 79.3 Å². The van der Waals surface area contributed by atoms with E-state index in [1.165, 1.54) is 24.8 Å². The molecule has 2 aliphatic heterocycles. The highest BCUT2D eigenvalue weighted by Crippen LogP contribution is 2.36. The fourth-order valence-electron chi connectivity index (χ4n) is 5.37. The smallest absolute Gasteiger partial charge is 0.227 e. The van der Waals surface area contributed by atoms with Crippen molar-refractivity contribution in [3.05, 3.63) is 36.3 Å². The Labute approximate surface area is 218 Å². The van der Waals surface area contributed by atoms with Crippen molar-refractivity contribution < 1.29 is 9.13 Å². The monoisotopic (exact) mass is 507 g/mol. The molecule has 5 heterocycles. The lowest BCUT2D eigenvalue weighted by molar-refractivity contribution is 0.0194. The summed E-state index contributed by atoms with van der Waals surface area (Å²) < 4.78 is 19.7. The van der Waals surface area contributed by atoms with E-state index in [9.17, 15) is 4.39 Å². The van der Waals surface area contributed by atoms with Crippen LogP contribution in [0.2, 0.25) is 0 Å². The molecule has 0 radical (unpaired) electrons. The van der Waals surface area contributed by atoms with Crippen LogP contribution in [0.1, 0.15) is 57.9 Å². The van der Waals surface area contributed by atoms with E-state index in [2.05, 4.69) is 47.0 Å². The Bertz CT molecular complexity index is 1220. The fraction of sp³-hybridized carbons (Fsp3) is 0.571.